The Labute approximate surface area is 157 Å². The Balaban J connectivity index is 1.60. The summed E-state index contributed by atoms with van der Waals surface area (Å²) in [6.07, 6.45) is 0. The molecule has 0 unspecified atom stereocenters. The van der Waals surface area contributed by atoms with E-state index in [-0.39, 0.29) is 5.91 Å². The Morgan fingerprint density at radius 1 is 0.815 bits per heavy atom. The molecule has 0 fully saturated rings. The monoisotopic (exact) mass is 360 g/mol. The predicted molar refractivity (Wildman–Crippen MR) is 103 cm³/mol. The number of benzene rings is 3. The van der Waals surface area contributed by atoms with Crippen molar-refractivity contribution in [2.45, 2.75) is 13.2 Å². The number of primary amides is 1. The first-order valence-corrected chi connectivity index (χ1v) is 8.55. The molecule has 3 rings (SSSR count). The second kappa shape index (κ2) is 8.67. The van der Waals surface area contributed by atoms with Gasteiger partial charge in [0.05, 0.1) is 0 Å². The predicted octanol–water partition coefficient (Wildman–Crippen LogP) is 3.29. The number of nitrogens with two attached hydrogens (primary N) is 1. The molecule has 136 valence electrons. The highest BCUT2D eigenvalue weighted by Crippen LogP contribution is 2.15. The van der Waals surface area contributed by atoms with Crippen molar-refractivity contribution in [3.63, 3.8) is 0 Å². The molecule has 3 aromatic carbocycles. The van der Waals surface area contributed by atoms with Crippen LogP contribution in [0.2, 0.25) is 0 Å². The SMILES string of the molecule is NC(=O)c1cccc(CNC(=O)c2cccc(OCc3ccccc3)c2)c1. The van der Waals surface area contributed by atoms with Crippen molar-refractivity contribution in [3.8, 4) is 5.75 Å². The number of carbonyl (C=O) groups excluding carboxylic acids is 2. The molecule has 0 saturated carbocycles. The van der Waals surface area contributed by atoms with Crippen molar-refractivity contribution in [1.29, 1.82) is 0 Å². The second-order valence-electron chi connectivity index (χ2n) is 6.05. The van der Waals surface area contributed by atoms with E-state index in [0.29, 0.717) is 30.0 Å². The number of nitrogens with one attached hydrogen (secondary N) is 1. The van der Waals surface area contributed by atoms with E-state index in [0.717, 1.165) is 11.1 Å². The summed E-state index contributed by atoms with van der Waals surface area (Å²) in [6, 6.07) is 23.7. The van der Waals surface area contributed by atoms with Crippen molar-refractivity contribution < 1.29 is 14.3 Å². The maximum absolute atomic E-state index is 12.4. The Morgan fingerprint density at radius 3 is 2.30 bits per heavy atom. The summed E-state index contributed by atoms with van der Waals surface area (Å²) in [5.41, 5.74) is 8.06. The van der Waals surface area contributed by atoms with Gasteiger partial charge in [0.1, 0.15) is 12.4 Å². The number of ether oxygens (including phenoxy) is 1. The van der Waals surface area contributed by atoms with Crippen molar-refractivity contribution in [2.24, 2.45) is 5.73 Å². The van der Waals surface area contributed by atoms with Gasteiger partial charge in [-0.05, 0) is 41.5 Å². The van der Waals surface area contributed by atoms with Crippen molar-refractivity contribution in [1.82, 2.24) is 5.32 Å². The highest BCUT2D eigenvalue weighted by molar-refractivity contribution is 5.95. The first kappa shape index (κ1) is 18.2. The van der Waals surface area contributed by atoms with Crippen LogP contribution in [-0.4, -0.2) is 11.8 Å². The highest BCUT2D eigenvalue weighted by Gasteiger charge is 2.08. The molecule has 0 saturated heterocycles. The van der Waals surface area contributed by atoms with E-state index in [1.807, 2.05) is 42.5 Å². The minimum Gasteiger partial charge on any atom is -0.489 e. The normalized spacial score (nSPS) is 10.2. The van der Waals surface area contributed by atoms with E-state index >= 15 is 0 Å². The van der Waals surface area contributed by atoms with E-state index in [2.05, 4.69) is 5.32 Å². The van der Waals surface area contributed by atoms with Crippen LogP contribution >= 0.6 is 0 Å². The van der Waals surface area contributed by atoms with Gasteiger partial charge >= 0.3 is 0 Å². The van der Waals surface area contributed by atoms with Gasteiger partial charge in [0.2, 0.25) is 5.91 Å². The molecule has 5 nitrogen and oxygen atoms in total. The summed E-state index contributed by atoms with van der Waals surface area (Å²) in [5, 5.41) is 2.84. The van der Waals surface area contributed by atoms with Crippen LogP contribution in [0.3, 0.4) is 0 Å². The van der Waals surface area contributed by atoms with Gasteiger partial charge in [-0.2, -0.15) is 0 Å². The Morgan fingerprint density at radius 2 is 1.52 bits per heavy atom. The second-order valence-corrected chi connectivity index (χ2v) is 6.05. The molecule has 0 spiro atoms. The third kappa shape index (κ3) is 5.19. The lowest BCUT2D eigenvalue weighted by Gasteiger charge is -2.09. The van der Waals surface area contributed by atoms with Crippen LogP contribution in [0.15, 0.2) is 78.9 Å². The third-order valence-corrected chi connectivity index (χ3v) is 4.01. The first-order chi connectivity index (χ1) is 13.1. The molecule has 0 heterocycles. The first-order valence-electron chi connectivity index (χ1n) is 8.55. The zero-order chi connectivity index (χ0) is 19.1. The van der Waals surface area contributed by atoms with E-state index in [9.17, 15) is 9.59 Å². The fourth-order valence-electron chi connectivity index (χ4n) is 2.59. The zero-order valence-electron chi connectivity index (χ0n) is 14.7. The molecule has 27 heavy (non-hydrogen) atoms. The molecule has 0 aliphatic carbocycles. The van der Waals surface area contributed by atoms with Gasteiger partial charge in [0.25, 0.3) is 5.91 Å². The van der Waals surface area contributed by atoms with Crippen LogP contribution in [0.4, 0.5) is 0 Å². The van der Waals surface area contributed by atoms with Gasteiger partial charge in [-0.3, -0.25) is 9.59 Å². The van der Waals surface area contributed by atoms with Crippen LogP contribution in [-0.2, 0) is 13.2 Å². The smallest absolute Gasteiger partial charge is 0.251 e. The van der Waals surface area contributed by atoms with Gasteiger partial charge < -0.3 is 15.8 Å². The van der Waals surface area contributed by atoms with Gasteiger partial charge in [-0.1, -0.05) is 48.5 Å². The fraction of sp³-hybridized carbons (Fsp3) is 0.0909. The van der Waals surface area contributed by atoms with Crippen molar-refractivity contribution >= 4 is 11.8 Å². The van der Waals surface area contributed by atoms with E-state index < -0.39 is 5.91 Å². The quantitative estimate of drug-likeness (QED) is 0.678. The molecular formula is C22H20N2O3. The van der Waals surface area contributed by atoms with E-state index in [1.54, 1.807) is 36.4 Å². The van der Waals surface area contributed by atoms with Crippen LogP contribution in [0.1, 0.15) is 31.8 Å². The average molecular weight is 360 g/mol. The standard InChI is InChI=1S/C22H20N2O3/c23-21(25)18-9-4-8-17(12-18)14-24-22(26)19-10-5-11-20(13-19)27-15-16-6-2-1-3-7-16/h1-13H,14-15H2,(H2,23,25)(H,24,26). The van der Waals surface area contributed by atoms with Gasteiger partial charge in [-0.25, -0.2) is 0 Å². The summed E-state index contributed by atoms with van der Waals surface area (Å²) in [5.74, 6) is -0.0849. The lowest BCUT2D eigenvalue weighted by atomic mass is 10.1. The lowest BCUT2D eigenvalue weighted by Crippen LogP contribution is -2.23. The van der Waals surface area contributed by atoms with Gasteiger partial charge in [-0.15, -0.1) is 0 Å². The maximum Gasteiger partial charge on any atom is 0.251 e. The number of carbonyl (C=O) groups is 2. The fourth-order valence-corrected chi connectivity index (χ4v) is 2.59. The summed E-state index contributed by atoms with van der Waals surface area (Å²) in [7, 11) is 0. The minimum absolute atomic E-state index is 0.218. The Bertz CT molecular complexity index is 939. The molecule has 0 radical (unpaired) electrons. The highest BCUT2D eigenvalue weighted by atomic mass is 16.5. The molecule has 0 aliphatic rings. The molecule has 0 bridgehead atoms. The topological polar surface area (TPSA) is 81.4 Å². The molecule has 0 aliphatic heterocycles. The number of hydrogen-bond acceptors (Lipinski definition) is 3. The average Bonchev–Trinajstić information content (AvgIpc) is 2.71. The summed E-state index contributed by atoms with van der Waals surface area (Å²) in [6.45, 7) is 0.737. The number of hydrogen-bond donors (Lipinski definition) is 2. The molecule has 3 N–H and O–H groups in total. The van der Waals surface area contributed by atoms with Gasteiger partial charge in [0.15, 0.2) is 0 Å². The maximum atomic E-state index is 12.4. The molecule has 0 aromatic heterocycles. The largest absolute Gasteiger partial charge is 0.489 e. The van der Waals surface area contributed by atoms with Crippen LogP contribution in [0.5, 0.6) is 5.75 Å². The lowest BCUT2D eigenvalue weighted by molar-refractivity contribution is 0.0949. The van der Waals surface area contributed by atoms with Crippen molar-refractivity contribution in [3.05, 3.63) is 101 Å². The van der Waals surface area contributed by atoms with E-state index in [4.69, 9.17) is 10.5 Å². The molecule has 3 aromatic rings. The van der Waals surface area contributed by atoms with Crippen LogP contribution < -0.4 is 15.8 Å². The van der Waals surface area contributed by atoms with Gasteiger partial charge in [0, 0.05) is 17.7 Å². The molecule has 0 atom stereocenters. The van der Waals surface area contributed by atoms with Crippen LogP contribution in [0.25, 0.3) is 0 Å². The Kier molecular flexibility index (Phi) is 5.84. The zero-order valence-corrected chi connectivity index (χ0v) is 14.7. The summed E-state index contributed by atoms with van der Waals surface area (Å²) < 4.78 is 5.76. The van der Waals surface area contributed by atoms with Crippen molar-refractivity contribution in [2.75, 3.05) is 0 Å². The molecule has 5 heteroatoms. The summed E-state index contributed by atoms with van der Waals surface area (Å²) >= 11 is 0. The number of rotatable bonds is 7. The molecule has 2 amide bonds. The minimum atomic E-state index is -0.494. The van der Waals surface area contributed by atoms with E-state index in [1.165, 1.54) is 0 Å². The number of amides is 2. The molecular weight excluding hydrogens is 340 g/mol. The van der Waals surface area contributed by atoms with Crippen LogP contribution in [0, 0.1) is 0 Å². The Hall–Kier alpha value is -3.60. The third-order valence-electron chi connectivity index (χ3n) is 4.01. The summed E-state index contributed by atoms with van der Waals surface area (Å²) in [4.78, 5) is 23.6.